The summed E-state index contributed by atoms with van der Waals surface area (Å²) in [5.74, 6) is 0.405. The fourth-order valence-corrected chi connectivity index (χ4v) is 3.53. The zero-order valence-corrected chi connectivity index (χ0v) is 14.9. The summed E-state index contributed by atoms with van der Waals surface area (Å²) in [6.07, 6.45) is 2.34. The van der Waals surface area contributed by atoms with E-state index in [9.17, 15) is 9.59 Å². The first-order valence-electron chi connectivity index (χ1n) is 8.62. The first kappa shape index (κ1) is 17.6. The van der Waals surface area contributed by atoms with Crippen molar-refractivity contribution < 1.29 is 9.59 Å². The molecule has 2 aromatic rings. The number of amides is 2. The predicted molar refractivity (Wildman–Crippen MR) is 99.9 cm³/mol. The average Bonchev–Trinajstić information content (AvgIpc) is 3.20. The number of carbonyl (C=O) groups is 2. The van der Waals surface area contributed by atoms with Gasteiger partial charge in [0.05, 0.1) is 4.88 Å². The Labute approximate surface area is 151 Å². The summed E-state index contributed by atoms with van der Waals surface area (Å²) in [6, 6.07) is 11.0. The van der Waals surface area contributed by atoms with Crippen molar-refractivity contribution in [2.75, 3.05) is 19.6 Å². The maximum atomic E-state index is 12.2. The predicted octanol–water partition coefficient (Wildman–Crippen LogP) is 2.41. The molecule has 5 nitrogen and oxygen atoms in total. The molecule has 132 valence electrons. The fraction of sp³-hybridized carbons (Fsp3) is 0.368. The third-order valence-corrected chi connectivity index (χ3v) is 5.23. The van der Waals surface area contributed by atoms with Crippen molar-refractivity contribution in [2.24, 2.45) is 5.92 Å². The standard InChI is InChI=1S/C19H23N3O2S/c23-18(21-13-15-3-1-9-20-11-15)16-7-5-14(6-8-16)12-22-19(24)17-4-2-10-25-17/h2,4-8,10,15,20H,1,3,9,11-13H2,(H,21,23)(H,22,24). The van der Waals surface area contributed by atoms with Crippen LogP contribution in [0.25, 0.3) is 0 Å². The molecule has 2 amide bonds. The van der Waals surface area contributed by atoms with Crippen LogP contribution in [0.1, 0.15) is 38.4 Å². The van der Waals surface area contributed by atoms with Gasteiger partial charge in [-0.25, -0.2) is 0 Å². The minimum absolute atomic E-state index is 0.0419. The molecule has 2 heterocycles. The summed E-state index contributed by atoms with van der Waals surface area (Å²) in [4.78, 5) is 24.8. The molecule has 1 fully saturated rings. The van der Waals surface area contributed by atoms with Crippen LogP contribution in [0.3, 0.4) is 0 Å². The lowest BCUT2D eigenvalue weighted by Gasteiger charge is -2.22. The monoisotopic (exact) mass is 357 g/mol. The van der Waals surface area contributed by atoms with Gasteiger partial charge in [0.2, 0.25) is 0 Å². The smallest absolute Gasteiger partial charge is 0.261 e. The van der Waals surface area contributed by atoms with Crippen molar-refractivity contribution in [3.63, 3.8) is 0 Å². The Morgan fingerprint density at radius 3 is 2.64 bits per heavy atom. The van der Waals surface area contributed by atoms with Gasteiger partial charge in [-0.1, -0.05) is 18.2 Å². The highest BCUT2D eigenvalue weighted by Gasteiger charge is 2.14. The number of thiophene rings is 1. The van der Waals surface area contributed by atoms with Crippen LogP contribution >= 0.6 is 11.3 Å². The minimum Gasteiger partial charge on any atom is -0.352 e. The molecule has 3 rings (SSSR count). The number of rotatable bonds is 6. The van der Waals surface area contributed by atoms with E-state index < -0.39 is 0 Å². The third kappa shape index (κ3) is 5.14. The summed E-state index contributed by atoms with van der Waals surface area (Å²) < 4.78 is 0. The van der Waals surface area contributed by atoms with Crippen LogP contribution in [-0.4, -0.2) is 31.4 Å². The molecule has 0 spiro atoms. The molecule has 1 unspecified atom stereocenters. The summed E-state index contributed by atoms with van der Waals surface area (Å²) >= 11 is 1.42. The van der Waals surface area contributed by atoms with E-state index >= 15 is 0 Å². The van der Waals surface area contributed by atoms with Crippen molar-refractivity contribution in [3.05, 3.63) is 57.8 Å². The second kappa shape index (κ2) is 8.78. The maximum Gasteiger partial charge on any atom is 0.261 e. The molecule has 1 atom stereocenters. The zero-order chi connectivity index (χ0) is 17.5. The molecule has 0 saturated carbocycles. The number of piperidine rings is 1. The molecule has 0 aliphatic carbocycles. The van der Waals surface area contributed by atoms with E-state index in [2.05, 4.69) is 16.0 Å². The molecule has 25 heavy (non-hydrogen) atoms. The molecule has 1 saturated heterocycles. The van der Waals surface area contributed by atoms with Crippen molar-refractivity contribution in [3.8, 4) is 0 Å². The van der Waals surface area contributed by atoms with Gasteiger partial charge in [0.25, 0.3) is 11.8 Å². The van der Waals surface area contributed by atoms with E-state index in [1.54, 1.807) is 18.2 Å². The van der Waals surface area contributed by atoms with Crippen LogP contribution in [0.5, 0.6) is 0 Å². The molecule has 0 bridgehead atoms. The highest BCUT2D eigenvalue weighted by molar-refractivity contribution is 7.12. The largest absolute Gasteiger partial charge is 0.352 e. The van der Waals surface area contributed by atoms with Crippen LogP contribution in [-0.2, 0) is 6.54 Å². The van der Waals surface area contributed by atoms with Crippen LogP contribution in [0, 0.1) is 5.92 Å². The maximum absolute atomic E-state index is 12.2. The van der Waals surface area contributed by atoms with Gasteiger partial charge in [-0.15, -0.1) is 11.3 Å². The Hall–Kier alpha value is -2.18. The molecule has 1 aromatic carbocycles. The Kier molecular flexibility index (Phi) is 6.19. The van der Waals surface area contributed by atoms with Crippen LogP contribution < -0.4 is 16.0 Å². The van der Waals surface area contributed by atoms with E-state index in [0.29, 0.717) is 29.4 Å². The van der Waals surface area contributed by atoms with Gasteiger partial charge in [-0.2, -0.15) is 0 Å². The summed E-state index contributed by atoms with van der Waals surface area (Å²) in [6.45, 7) is 3.22. The number of carbonyl (C=O) groups excluding carboxylic acids is 2. The zero-order valence-electron chi connectivity index (χ0n) is 14.1. The Morgan fingerprint density at radius 2 is 1.96 bits per heavy atom. The number of nitrogens with one attached hydrogen (secondary N) is 3. The number of hydrogen-bond donors (Lipinski definition) is 3. The highest BCUT2D eigenvalue weighted by Crippen LogP contribution is 2.10. The van der Waals surface area contributed by atoms with Crippen molar-refractivity contribution in [2.45, 2.75) is 19.4 Å². The van der Waals surface area contributed by atoms with Crippen molar-refractivity contribution in [1.82, 2.24) is 16.0 Å². The van der Waals surface area contributed by atoms with Crippen LogP contribution in [0.15, 0.2) is 41.8 Å². The van der Waals surface area contributed by atoms with E-state index in [0.717, 1.165) is 25.1 Å². The average molecular weight is 357 g/mol. The van der Waals surface area contributed by atoms with E-state index in [1.807, 2.05) is 23.6 Å². The fourth-order valence-electron chi connectivity index (χ4n) is 2.89. The lowest BCUT2D eigenvalue weighted by Crippen LogP contribution is -2.38. The Morgan fingerprint density at radius 1 is 1.12 bits per heavy atom. The van der Waals surface area contributed by atoms with Gasteiger partial charge in [-0.3, -0.25) is 9.59 Å². The van der Waals surface area contributed by atoms with Gasteiger partial charge in [0, 0.05) is 18.7 Å². The molecule has 1 aliphatic rings. The number of hydrogen-bond acceptors (Lipinski definition) is 4. The van der Waals surface area contributed by atoms with Crippen molar-refractivity contribution in [1.29, 1.82) is 0 Å². The van der Waals surface area contributed by atoms with Gasteiger partial charge >= 0.3 is 0 Å². The molecule has 1 aliphatic heterocycles. The van der Waals surface area contributed by atoms with Gasteiger partial charge < -0.3 is 16.0 Å². The molecule has 6 heteroatoms. The molecule has 3 N–H and O–H groups in total. The van der Waals surface area contributed by atoms with E-state index in [-0.39, 0.29) is 11.8 Å². The lowest BCUT2D eigenvalue weighted by molar-refractivity contribution is 0.0939. The normalized spacial score (nSPS) is 17.0. The summed E-state index contributed by atoms with van der Waals surface area (Å²) in [5, 5.41) is 11.1. The molecular formula is C19H23N3O2S. The number of benzene rings is 1. The second-order valence-electron chi connectivity index (χ2n) is 6.28. The summed E-state index contributed by atoms with van der Waals surface area (Å²) in [7, 11) is 0. The minimum atomic E-state index is -0.0714. The molecule has 1 aromatic heterocycles. The molecule has 0 radical (unpaired) electrons. The third-order valence-electron chi connectivity index (χ3n) is 4.36. The van der Waals surface area contributed by atoms with Gasteiger partial charge in [-0.05, 0) is 61.0 Å². The second-order valence-corrected chi connectivity index (χ2v) is 7.23. The van der Waals surface area contributed by atoms with E-state index in [1.165, 1.54) is 17.8 Å². The molecular weight excluding hydrogens is 334 g/mol. The van der Waals surface area contributed by atoms with Gasteiger partial charge in [0.1, 0.15) is 0 Å². The van der Waals surface area contributed by atoms with E-state index in [4.69, 9.17) is 0 Å². The topological polar surface area (TPSA) is 70.2 Å². The summed E-state index contributed by atoms with van der Waals surface area (Å²) in [5.41, 5.74) is 1.62. The first-order chi connectivity index (χ1) is 12.2. The van der Waals surface area contributed by atoms with Gasteiger partial charge in [0.15, 0.2) is 0 Å². The SMILES string of the molecule is O=C(NCC1CCCNC1)c1ccc(CNC(=O)c2cccs2)cc1. The quantitative estimate of drug-likeness (QED) is 0.743. The van der Waals surface area contributed by atoms with Crippen LogP contribution in [0.2, 0.25) is 0 Å². The highest BCUT2D eigenvalue weighted by atomic mass is 32.1. The van der Waals surface area contributed by atoms with Crippen molar-refractivity contribution >= 4 is 23.2 Å². The Bertz CT molecular complexity index is 692. The Balaban J connectivity index is 1.46. The first-order valence-corrected chi connectivity index (χ1v) is 9.50. The lowest BCUT2D eigenvalue weighted by atomic mass is 9.99. The van der Waals surface area contributed by atoms with Crippen LogP contribution in [0.4, 0.5) is 0 Å².